The molecule has 6 nitrogen and oxygen atoms in total. The number of phenolic OH excluding ortho intramolecular Hbond substituents is 1. The molecular weight excluding hydrogens is 300 g/mol. The summed E-state index contributed by atoms with van der Waals surface area (Å²) in [7, 11) is 0. The highest BCUT2D eigenvalue weighted by molar-refractivity contribution is 7.99. The van der Waals surface area contributed by atoms with E-state index >= 15 is 0 Å². The molecule has 0 radical (unpaired) electrons. The Balaban J connectivity index is 1.94. The van der Waals surface area contributed by atoms with Crippen molar-refractivity contribution in [2.45, 2.75) is 10.2 Å². The molecule has 2 heterocycles. The van der Waals surface area contributed by atoms with Gasteiger partial charge in [0.1, 0.15) is 16.6 Å². The maximum Gasteiger partial charge on any atom is 0.220 e. The van der Waals surface area contributed by atoms with E-state index in [-0.39, 0.29) is 15.9 Å². The lowest BCUT2D eigenvalue weighted by molar-refractivity contribution is 0.475. The summed E-state index contributed by atoms with van der Waals surface area (Å²) in [5.41, 5.74) is 0.586. The summed E-state index contributed by atoms with van der Waals surface area (Å²) in [5, 5.41) is 20.6. The largest absolute Gasteiger partial charge is 0.508 e. The second-order valence-corrected chi connectivity index (χ2v) is 4.89. The van der Waals surface area contributed by atoms with Crippen LogP contribution in [0.15, 0.2) is 46.7 Å². The molecule has 9 heteroatoms. The number of phenols is 1. The van der Waals surface area contributed by atoms with Crippen LogP contribution in [0.2, 0.25) is 0 Å². The van der Waals surface area contributed by atoms with Gasteiger partial charge in [-0.05, 0) is 46.5 Å². The Hall–Kier alpha value is -2.55. The van der Waals surface area contributed by atoms with Gasteiger partial charge in [-0.3, -0.25) is 0 Å². The standard InChI is InChI=1S/C12H7F2N5OS/c13-7-5-10(14)11(15-6-7)21-12-16-17-18-19(12)8-1-3-9(20)4-2-8/h1-6,20H. The van der Waals surface area contributed by atoms with Gasteiger partial charge in [-0.15, -0.1) is 5.10 Å². The van der Waals surface area contributed by atoms with Crippen LogP contribution in [0, 0.1) is 11.6 Å². The van der Waals surface area contributed by atoms with Crippen molar-refractivity contribution in [1.82, 2.24) is 25.2 Å². The Bertz CT molecular complexity index is 778. The second kappa shape index (κ2) is 5.44. The van der Waals surface area contributed by atoms with Crippen LogP contribution in [-0.2, 0) is 0 Å². The maximum absolute atomic E-state index is 13.6. The van der Waals surface area contributed by atoms with Gasteiger partial charge in [-0.2, -0.15) is 4.68 Å². The van der Waals surface area contributed by atoms with Gasteiger partial charge in [-0.25, -0.2) is 13.8 Å². The molecule has 2 aromatic heterocycles. The number of hydrogen-bond donors (Lipinski definition) is 1. The Labute approximate surface area is 121 Å². The first-order valence-electron chi connectivity index (χ1n) is 5.70. The minimum Gasteiger partial charge on any atom is -0.508 e. The summed E-state index contributed by atoms with van der Waals surface area (Å²) in [6.45, 7) is 0. The van der Waals surface area contributed by atoms with Crippen LogP contribution in [0.4, 0.5) is 8.78 Å². The molecule has 0 aliphatic heterocycles. The van der Waals surface area contributed by atoms with Crippen molar-refractivity contribution < 1.29 is 13.9 Å². The van der Waals surface area contributed by atoms with Crippen molar-refractivity contribution in [3.8, 4) is 11.4 Å². The molecule has 0 aliphatic carbocycles. The molecule has 21 heavy (non-hydrogen) atoms. The number of aromatic hydroxyl groups is 1. The van der Waals surface area contributed by atoms with Crippen LogP contribution in [0.3, 0.4) is 0 Å². The molecule has 0 saturated carbocycles. The zero-order valence-electron chi connectivity index (χ0n) is 10.3. The summed E-state index contributed by atoms with van der Waals surface area (Å²) >= 11 is 0.867. The molecule has 3 aromatic rings. The average Bonchev–Trinajstić information content (AvgIpc) is 2.91. The predicted octanol–water partition coefficient (Wildman–Crippen LogP) is 2.19. The molecule has 3 rings (SSSR count). The first-order valence-corrected chi connectivity index (χ1v) is 6.52. The van der Waals surface area contributed by atoms with Gasteiger partial charge >= 0.3 is 0 Å². The topological polar surface area (TPSA) is 76.7 Å². The molecule has 0 atom stereocenters. The van der Waals surface area contributed by atoms with Gasteiger partial charge in [0.25, 0.3) is 0 Å². The Morgan fingerprint density at radius 3 is 2.62 bits per heavy atom. The highest BCUT2D eigenvalue weighted by Gasteiger charge is 2.14. The second-order valence-electron chi connectivity index (χ2n) is 3.93. The lowest BCUT2D eigenvalue weighted by Gasteiger charge is -2.04. The highest BCUT2D eigenvalue weighted by atomic mass is 32.2. The lowest BCUT2D eigenvalue weighted by atomic mass is 10.3. The molecule has 106 valence electrons. The van der Waals surface area contributed by atoms with E-state index < -0.39 is 11.6 Å². The molecule has 0 saturated heterocycles. The van der Waals surface area contributed by atoms with E-state index in [0.29, 0.717) is 5.69 Å². The lowest BCUT2D eigenvalue weighted by Crippen LogP contribution is -1.99. The SMILES string of the molecule is Oc1ccc(-n2nnnc2Sc2ncc(F)cc2F)cc1. The molecule has 0 unspecified atom stereocenters. The molecule has 0 fully saturated rings. The number of tetrazole rings is 1. The highest BCUT2D eigenvalue weighted by Crippen LogP contribution is 2.27. The average molecular weight is 307 g/mol. The van der Waals surface area contributed by atoms with E-state index in [2.05, 4.69) is 20.5 Å². The van der Waals surface area contributed by atoms with Crippen LogP contribution in [0.5, 0.6) is 5.75 Å². The van der Waals surface area contributed by atoms with Crippen LogP contribution in [0.25, 0.3) is 5.69 Å². The van der Waals surface area contributed by atoms with E-state index in [1.54, 1.807) is 12.1 Å². The number of halogens is 2. The third-order valence-electron chi connectivity index (χ3n) is 2.50. The Kier molecular flexibility index (Phi) is 3.48. The van der Waals surface area contributed by atoms with Crippen molar-refractivity contribution in [3.63, 3.8) is 0 Å². The van der Waals surface area contributed by atoms with Gasteiger partial charge in [0.15, 0.2) is 5.82 Å². The van der Waals surface area contributed by atoms with Crippen molar-refractivity contribution in [2.24, 2.45) is 0 Å². The van der Waals surface area contributed by atoms with Crippen molar-refractivity contribution in [1.29, 1.82) is 0 Å². The summed E-state index contributed by atoms with van der Waals surface area (Å²) in [5.74, 6) is -1.44. The number of nitrogens with zero attached hydrogens (tertiary/aromatic N) is 5. The molecule has 1 N–H and O–H groups in total. The number of hydrogen-bond acceptors (Lipinski definition) is 6. The van der Waals surface area contributed by atoms with E-state index in [1.807, 2.05) is 0 Å². The van der Waals surface area contributed by atoms with Crippen molar-refractivity contribution in [3.05, 3.63) is 48.2 Å². The summed E-state index contributed by atoms with van der Waals surface area (Å²) in [6, 6.07) is 6.89. The van der Waals surface area contributed by atoms with Crippen LogP contribution in [-0.4, -0.2) is 30.3 Å². The van der Waals surface area contributed by atoms with E-state index in [1.165, 1.54) is 16.8 Å². The summed E-state index contributed by atoms with van der Waals surface area (Å²) in [4.78, 5) is 3.67. The third-order valence-corrected chi connectivity index (χ3v) is 3.43. The molecule has 1 aromatic carbocycles. The zero-order chi connectivity index (χ0) is 14.8. The zero-order valence-corrected chi connectivity index (χ0v) is 11.1. The van der Waals surface area contributed by atoms with Gasteiger partial charge in [-0.1, -0.05) is 0 Å². The number of rotatable bonds is 3. The van der Waals surface area contributed by atoms with E-state index in [0.717, 1.165) is 24.0 Å². The summed E-state index contributed by atoms with van der Waals surface area (Å²) in [6.07, 6.45) is 0.917. The maximum atomic E-state index is 13.6. The first-order chi connectivity index (χ1) is 10.1. The van der Waals surface area contributed by atoms with Crippen LogP contribution >= 0.6 is 11.8 Å². The van der Waals surface area contributed by atoms with Gasteiger partial charge in [0.2, 0.25) is 5.16 Å². The number of pyridine rings is 1. The van der Waals surface area contributed by atoms with Crippen molar-refractivity contribution in [2.75, 3.05) is 0 Å². The van der Waals surface area contributed by atoms with Crippen LogP contribution in [0.1, 0.15) is 0 Å². The Morgan fingerprint density at radius 2 is 1.90 bits per heavy atom. The predicted molar refractivity (Wildman–Crippen MR) is 69.1 cm³/mol. The fourth-order valence-corrected chi connectivity index (χ4v) is 2.30. The molecule has 0 amide bonds. The van der Waals surface area contributed by atoms with Crippen molar-refractivity contribution >= 4 is 11.8 Å². The molecule has 0 bridgehead atoms. The fourth-order valence-electron chi connectivity index (χ4n) is 1.56. The van der Waals surface area contributed by atoms with Gasteiger partial charge in [0, 0.05) is 6.07 Å². The van der Waals surface area contributed by atoms with Crippen LogP contribution < -0.4 is 0 Å². The summed E-state index contributed by atoms with van der Waals surface area (Å²) < 4.78 is 27.8. The quantitative estimate of drug-likeness (QED) is 0.799. The van der Waals surface area contributed by atoms with E-state index in [4.69, 9.17) is 0 Å². The van der Waals surface area contributed by atoms with Gasteiger partial charge in [0.05, 0.1) is 11.9 Å². The minimum absolute atomic E-state index is 0.0359. The van der Waals surface area contributed by atoms with Gasteiger partial charge < -0.3 is 5.11 Å². The molecule has 0 aliphatic rings. The minimum atomic E-state index is -0.791. The molecule has 0 spiro atoms. The normalized spacial score (nSPS) is 10.8. The first kappa shape index (κ1) is 13.4. The Morgan fingerprint density at radius 1 is 1.14 bits per heavy atom. The third kappa shape index (κ3) is 2.82. The number of aromatic nitrogens is 5. The fraction of sp³-hybridized carbons (Fsp3) is 0. The number of benzene rings is 1. The molecular formula is C12H7F2N5OS. The smallest absolute Gasteiger partial charge is 0.220 e. The van der Waals surface area contributed by atoms with E-state index in [9.17, 15) is 13.9 Å². The monoisotopic (exact) mass is 307 g/mol.